The first-order valence-corrected chi connectivity index (χ1v) is 7.65. The zero-order valence-corrected chi connectivity index (χ0v) is 12.1. The zero-order chi connectivity index (χ0) is 14.7. The van der Waals surface area contributed by atoms with Gasteiger partial charge in [0.1, 0.15) is 0 Å². The fraction of sp³-hybridized carbons (Fsp3) is 0.316. The Hall–Kier alpha value is -2.09. The fourth-order valence-electron chi connectivity index (χ4n) is 3.01. The third-order valence-corrected chi connectivity index (χ3v) is 4.29. The summed E-state index contributed by atoms with van der Waals surface area (Å²) in [5.41, 5.74) is 5.22. The van der Waals surface area contributed by atoms with Crippen LogP contribution in [0.1, 0.15) is 45.5 Å². The van der Waals surface area contributed by atoms with Crippen molar-refractivity contribution in [3.05, 3.63) is 70.3 Å². The number of aromatic carboxylic acids is 1. The molecule has 2 nitrogen and oxygen atoms in total. The van der Waals surface area contributed by atoms with Crippen LogP contribution in [0.3, 0.4) is 0 Å². The molecule has 0 saturated carbocycles. The molecule has 0 aliphatic heterocycles. The van der Waals surface area contributed by atoms with E-state index in [0.717, 1.165) is 49.7 Å². The summed E-state index contributed by atoms with van der Waals surface area (Å²) >= 11 is 0. The molecule has 0 radical (unpaired) electrons. The molecule has 0 unspecified atom stereocenters. The van der Waals surface area contributed by atoms with Crippen molar-refractivity contribution in [1.29, 1.82) is 0 Å². The number of hydrogen-bond acceptors (Lipinski definition) is 1. The van der Waals surface area contributed by atoms with Crippen molar-refractivity contribution in [1.82, 2.24) is 0 Å². The van der Waals surface area contributed by atoms with Crippen LogP contribution in [0.15, 0.2) is 42.5 Å². The molecule has 0 aromatic heterocycles. The number of carbonyl (C=O) groups is 1. The first-order valence-electron chi connectivity index (χ1n) is 7.65. The molecule has 0 atom stereocenters. The van der Waals surface area contributed by atoms with Crippen molar-refractivity contribution in [2.45, 2.75) is 38.5 Å². The second-order valence-electron chi connectivity index (χ2n) is 5.82. The number of carboxylic acids is 1. The van der Waals surface area contributed by atoms with Gasteiger partial charge in [0.05, 0.1) is 5.56 Å². The minimum atomic E-state index is -0.811. The molecule has 0 spiro atoms. The fourth-order valence-corrected chi connectivity index (χ4v) is 3.01. The van der Waals surface area contributed by atoms with Gasteiger partial charge in [0.2, 0.25) is 0 Å². The van der Waals surface area contributed by atoms with Gasteiger partial charge in [-0.15, -0.1) is 0 Å². The lowest BCUT2D eigenvalue weighted by Crippen LogP contribution is -2.05. The van der Waals surface area contributed by atoms with Crippen molar-refractivity contribution >= 4 is 5.97 Å². The van der Waals surface area contributed by atoms with Gasteiger partial charge in [-0.05, 0) is 66.8 Å². The molecule has 4 aliphatic rings. The van der Waals surface area contributed by atoms with Crippen molar-refractivity contribution < 1.29 is 9.90 Å². The second-order valence-corrected chi connectivity index (χ2v) is 5.82. The van der Waals surface area contributed by atoms with Gasteiger partial charge in [0, 0.05) is 0 Å². The first-order chi connectivity index (χ1) is 10.2. The normalized spacial score (nSPS) is 14.9. The van der Waals surface area contributed by atoms with Crippen LogP contribution >= 0.6 is 0 Å². The summed E-state index contributed by atoms with van der Waals surface area (Å²) < 4.78 is 0. The van der Waals surface area contributed by atoms with Gasteiger partial charge in [-0.2, -0.15) is 0 Å². The SMILES string of the molecule is O=C(O)c1cc2ccc1CCc1ccc(cc1)CCCC2. The number of aryl methyl sites for hydroxylation is 4. The lowest BCUT2D eigenvalue weighted by molar-refractivity contribution is 0.0695. The summed E-state index contributed by atoms with van der Waals surface area (Å²) in [7, 11) is 0. The Morgan fingerprint density at radius 2 is 1.33 bits per heavy atom. The lowest BCUT2D eigenvalue weighted by Gasteiger charge is -2.11. The molecule has 1 N–H and O–H groups in total. The first kappa shape index (κ1) is 13.9. The Bertz CT molecular complexity index is 641. The molecular formula is C19H20O2. The predicted octanol–water partition coefficient (Wildman–Crippen LogP) is 4.05. The Kier molecular flexibility index (Phi) is 4.05. The van der Waals surface area contributed by atoms with Crippen LogP contribution in [-0.2, 0) is 25.7 Å². The Labute approximate surface area is 125 Å². The molecule has 0 amide bonds. The van der Waals surface area contributed by atoms with Gasteiger partial charge in [-0.3, -0.25) is 0 Å². The monoisotopic (exact) mass is 280 g/mol. The minimum absolute atomic E-state index is 0.473. The smallest absolute Gasteiger partial charge is 0.335 e. The number of carboxylic acid groups (broad SMARTS) is 1. The van der Waals surface area contributed by atoms with E-state index < -0.39 is 5.97 Å². The molecule has 2 aromatic rings. The molecule has 21 heavy (non-hydrogen) atoms. The molecule has 2 heteroatoms. The quantitative estimate of drug-likeness (QED) is 0.855. The van der Waals surface area contributed by atoms with Gasteiger partial charge in [0.15, 0.2) is 0 Å². The zero-order valence-electron chi connectivity index (χ0n) is 12.1. The summed E-state index contributed by atoms with van der Waals surface area (Å²) in [6, 6.07) is 14.7. The number of hydrogen-bond donors (Lipinski definition) is 1. The van der Waals surface area contributed by atoms with E-state index in [1.165, 1.54) is 11.1 Å². The van der Waals surface area contributed by atoms with Crippen LogP contribution in [-0.4, -0.2) is 11.1 Å². The highest BCUT2D eigenvalue weighted by Gasteiger charge is 2.11. The number of rotatable bonds is 1. The molecule has 0 saturated heterocycles. The maximum Gasteiger partial charge on any atom is 0.335 e. The minimum Gasteiger partial charge on any atom is -0.478 e. The van der Waals surface area contributed by atoms with E-state index in [1.807, 2.05) is 12.1 Å². The van der Waals surface area contributed by atoms with E-state index >= 15 is 0 Å². The third-order valence-electron chi connectivity index (χ3n) is 4.29. The van der Waals surface area contributed by atoms with Gasteiger partial charge in [0.25, 0.3) is 0 Å². The van der Waals surface area contributed by atoms with Crippen LogP contribution in [0, 0.1) is 0 Å². The van der Waals surface area contributed by atoms with Crippen LogP contribution in [0.5, 0.6) is 0 Å². The van der Waals surface area contributed by atoms with Gasteiger partial charge in [-0.25, -0.2) is 4.79 Å². The summed E-state index contributed by atoms with van der Waals surface area (Å²) in [4.78, 5) is 11.5. The molecule has 0 fully saturated rings. The molecule has 0 heterocycles. The van der Waals surface area contributed by atoms with Crippen molar-refractivity contribution in [2.24, 2.45) is 0 Å². The van der Waals surface area contributed by atoms with Crippen molar-refractivity contribution in [3.8, 4) is 0 Å². The molecule has 6 rings (SSSR count). The highest BCUT2D eigenvalue weighted by Crippen LogP contribution is 2.19. The van der Waals surface area contributed by atoms with E-state index in [1.54, 1.807) is 0 Å². The molecule has 2 aromatic carbocycles. The topological polar surface area (TPSA) is 37.3 Å². The largest absolute Gasteiger partial charge is 0.478 e. The summed E-state index contributed by atoms with van der Waals surface area (Å²) in [6.07, 6.45) is 5.97. The van der Waals surface area contributed by atoms with E-state index in [-0.39, 0.29) is 0 Å². The predicted molar refractivity (Wildman–Crippen MR) is 83.9 cm³/mol. The highest BCUT2D eigenvalue weighted by molar-refractivity contribution is 5.89. The van der Waals surface area contributed by atoms with E-state index in [0.29, 0.717) is 5.56 Å². The Morgan fingerprint density at radius 3 is 2.00 bits per heavy atom. The van der Waals surface area contributed by atoms with Crippen LogP contribution < -0.4 is 0 Å². The van der Waals surface area contributed by atoms with Crippen LogP contribution in [0.4, 0.5) is 0 Å². The maximum absolute atomic E-state index is 11.5. The van der Waals surface area contributed by atoms with E-state index in [2.05, 4.69) is 30.3 Å². The van der Waals surface area contributed by atoms with Gasteiger partial charge >= 0.3 is 5.97 Å². The Balaban J connectivity index is 1.94. The number of benzene rings is 2. The molecular weight excluding hydrogens is 260 g/mol. The Morgan fingerprint density at radius 1 is 0.762 bits per heavy atom. The molecule has 4 bridgehead atoms. The van der Waals surface area contributed by atoms with Gasteiger partial charge in [-0.1, -0.05) is 36.4 Å². The highest BCUT2D eigenvalue weighted by atomic mass is 16.4. The van der Waals surface area contributed by atoms with Gasteiger partial charge < -0.3 is 5.11 Å². The average Bonchev–Trinajstić information content (AvgIpc) is 2.51. The van der Waals surface area contributed by atoms with E-state index in [4.69, 9.17) is 0 Å². The van der Waals surface area contributed by atoms with Crippen LogP contribution in [0.2, 0.25) is 0 Å². The van der Waals surface area contributed by atoms with Crippen molar-refractivity contribution in [3.63, 3.8) is 0 Å². The standard InChI is InChI=1S/C19H20O2/c20-19(21)18-13-16-4-2-1-3-14-5-7-15(8-6-14)9-11-17(18)12-10-16/h5-8,10,12-13H,1-4,9,11H2,(H,20,21). The van der Waals surface area contributed by atoms with E-state index in [9.17, 15) is 9.90 Å². The van der Waals surface area contributed by atoms with Crippen molar-refractivity contribution in [2.75, 3.05) is 0 Å². The molecule has 108 valence electrons. The maximum atomic E-state index is 11.5. The van der Waals surface area contributed by atoms with Crippen LogP contribution in [0.25, 0.3) is 0 Å². The lowest BCUT2D eigenvalue weighted by atomic mass is 9.94. The average molecular weight is 280 g/mol. The summed E-state index contributed by atoms with van der Waals surface area (Å²) in [5.74, 6) is -0.811. The molecule has 4 aliphatic carbocycles. The second kappa shape index (κ2) is 6.13. The summed E-state index contributed by atoms with van der Waals surface area (Å²) in [6.45, 7) is 0. The third kappa shape index (κ3) is 3.33. The summed E-state index contributed by atoms with van der Waals surface area (Å²) in [5, 5.41) is 9.42.